The molecule has 0 aromatic heterocycles. The molecule has 0 atom stereocenters. The van der Waals surface area contributed by atoms with Gasteiger partial charge in [-0.05, 0) is 12.8 Å². The Morgan fingerprint density at radius 1 is 0.436 bits per heavy atom. The standard InChI is InChI=1S/2C14H28O2.C5H12O2/c2*1-2-3-4-5-6-7-8-9-10-11-12-13-14(15)16;1-5(2,3-6)4-7/h2*2-13H2,1H3,(H,15,16);6-7H,3-4H2,1-2H3. The number of hydrogen-bond donors (Lipinski definition) is 4. The molecule has 0 saturated carbocycles. The number of hydrogen-bond acceptors (Lipinski definition) is 4. The van der Waals surface area contributed by atoms with Crippen molar-refractivity contribution in [3.63, 3.8) is 0 Å². The lowest BCUT2D eigenvalue weighted by molar-refractivity contribution is -0.138. The van der Waals surface area contributed by atoms with Gasteiger partial charge >= 0.3 is 11.9 Å². The summed E-state index contributed by atoms with van der Waals surface area (Å²) in [7, 11) is 0. The highest BCUT2D eigenvalue weighted by atomic mass is 16.4. The van der Waals surface area contributed by atoms with Crippen LogP contribution in [0.15, 0.2) is 0 Å². The SMILES string of the molecule is CC(C)(CO)CO.CCCCCCCCCCCCCC(=O)O.CCCCCCCCCCCCCC(=O)O. The van der Waals surface area contributed by atoms with Crippen LogP contribution in [0.5, 0.6) is 0 Å². The molecule has 39 heavy (non-hydrogen) atoms. The lowest BCUT2D eigenvalue weighted by atomic mass is 9.97. The topological polar surface area (TPSA) is 115 Å². The average molecular weight is 561 g/mol. The van der Waals surface area contributed by atoms with Gasteiger partial charge in [0.15, 0.2) is 0 Å². The quantitative estimate of drug-likeness (QED) is 0.0783. The normalized spacial score (nSPS) is 10.8. The van der Waals surface area contributed by atoms with Gasteiger partial charge in [-0.3, -0.25) is 9.59 Å². The van der Waals surface area contributed by atoms with Crippen LogP contribution in [-0.2, 0) is 9.59 Å². The minimum Gasteiger partial charge on any atom is -0.481 e. The van der Waals surface area contributed by atoms with E-state index in [2.05, 4.69) is 13.8 Å². The van der Waals surface area contributed by atoms with Crippen LogP contribution in [0.25, 0.3) is 0 Å². The minimum atomic E-state index is -0.657. The van der Waals surface area contributed by atoms with Gasteiger partial charge in [0.2, 0.25) is 0 Å². The summed E-state index contributed by atoms with van der Waals surface area (Å²) in [5, 5.41) is 33.8. The van der Waals surface area contributed by atoms with Gasteiger partial charge in [-0.15, -0.1) is 0 Å². The maximum absolute atomic E-state index is 10.3. The summed E-state index contributed by atoms with van der Waals surface area (Å²) < 4.78 is 0. The number of aliphatic hydroxyl groups is 2. The van der Waals surface area contributed by atoms with Crippen molar-refractivity contribution in [1.29, 1.82) is 0 Å². The zero-order valence-corrected chi connectivity index (χ0v) is 26.5. The first-order valence-electron chi connectivity index (χ1n) is 16.3. The van der Waals surface area contributed by atoms with Gasteiger partial charge in [0.05, 0.1) is 13.2 Å². The maximum atomic E-state index is 10.3. The van der Waals surface area contributed by atoms with Crippen LogP contribution in [0.1, 0.15) is 182 Å². The van der Waals surface area contributed by atoms with Gasteiger partial charge in [0.25, 0.3) is 0 Å². The summed E-state index contributed by atoms with van der Waals surface area (Å²) in [6.07, 6.45) is 28.7. The molecule has 0 aliphatic carbocycles. The molecule has 0 unspecified atom stereocenters. The fourth-order valence-corrected chi connectivity index (χ4v) is 3.93. The van der Waals surface area contributed by atoms with E-state index >= 15 is 0 Å². The summed E-state index contributed by atoms with van der Waals surface area (Å²) in [6, 6.07) is 0. The van der Waals surface area contributed by atoms with E-state index in [0.717, 1.165) is 25.7 Å². The third-order valence-electron chi connectivity index (χ3n) is 6.84. The monoisotopic (exact) mass is 561 g/mol. The van der Waals surface area contributed by atoms with Crippen molar-refractivity contribution in [3.05, 3.63) is 0 Å². The Bertz CT molecular complexity index is 451. The van der Waals surface area contributed by atoms with E-state index in [1.165, 1.54) is 116 Å². The van der Waals surface area contributed by atoms with Gasteiger partial charge in [-0.25, -0.2) is 0 Å². The van der Waals surface area contributed by atoms with Gasteiger partial charge in [-0.2, -0.15) is 0 Å². The molecular weight excluding hydrogens is 492 g/mol. The molecule has 0 rings (SSSR count). The van der Waals surface area contributed by atoms with Crippen LogP contribution in [0.3, 0.4) is 0 Å². The summed E-state index contributed by atoms with van der Waals surface area (Å²) in [5.74, 6) is -1.31. The first-order valence-corrected chi connectivity index (χ1v) is 16.3. The lowest BCUT2D eigenvalue weighted by Gasteiger charge is -2.16. The molecule has 0 bridgehead atoms. The molecule has 6 heteroatoms. The zero-order valence-electron chi connectivity index (χ0n) is 26.5. The zero-order chi connectivity index (χ0) is 30.0. The predicted molar refractivity (Wildman–Crippen MR) is 165 cm³/mol. The first-order chi connectivity index (χ1) is 18.7. The van der Waals surface area contributed by atoms with Gasteiger partial charge in [-0.1, -0.05) is 156 Å². The summed E-state index contributed by atoms with van der Waals surface area (Å²) in [4.78, 5) is 20.5. The number of unbranched alkanes of at least 4 members (excludes halogenated alkanes) is 20. The number of carboxylic acids is 2. The Balaban J connectivity index is -0.000000537. The van der Waals surface area contributed by atoms with Crippen LogP contribution < -0.4 is 0 Å². The molecule has 0 heterocycles. The van der Waals surface area contributed by atoms with Crippen molar-refractivity contribution in [1.82, 2.24) is 0 Å². The van der Waals surface area contributed by atoms with Crippen LogP contribution in [0.4, 0.5) is 0 Å². The maximum Gasteiger partial charge on any atom is 0.303 e. The van der Waals surface area contributed by atoms with Crippen LogP contribution in [-0.4, -0.2) is 45.6 Å². The van der Waals surface area contributed by atoms with E-state index in [9.17, 15) is 9.59 Å². The van der Waals surface area contributed by atoms with Crippen molar-refractivity contribution in [2.24, 2.45) is 5.41 Å². The lowest BCUT2D eigenvalue weighted by Crippen LogP contribution is -2.20. The highest BCUT2D eigenvalue weighted by Crippen LogP contribution is 2.13. The predicted octanol–water partition coefficient (Wildman–Crippen LogP) is 9.54. The molecule has 0 radical (unpaired) electrons. The molecule has 0 saturated heterocycles. The van der Waals surface area contributed by atoms with E-state index in [-0.39, 0.29) is 18.6 Å². The highest BCUT2D eigenvalue weighted by molar-refractivity contribution is 5.66. The van der Waals surface area contributed by atoms with Crippen LogP contribution in [0.2, 0.25) is 0 Å². The number of aliphatic carboxylic acids is 2. The van der Waals surface area contributed by atoms with Crippen molar-refractivity contribution < 1.29 is 30.0 Å². The Kier molecular flexibility index (Phi) is 37.9. The number of rotatable bonds is 26. The number of carbonyl (C=O) groups is 2. The Hall–Kier alpha value is -1.14. The molecule has 0 amide bonds. The summed E-state index contributed by atoms with van der Waals surface area (Å²) in [5.41, 5.74) is -0.306. The second-order valence-electron chi connectivity index (χ2n) is 11.8. The summed E-state index contributed by atoms with van der Waals surface area (Å²) in [6.45, 7) is 8.18. The van der Waals surface area contributed by atoms with Gasteiger partial charge in [0.1, 0.15) is 0 Å². The molecule has 0 fully saturated rings. The molecule has 0 aliphatic rings. The Morgan fingerprint density at radius 2 is 0.641 bits per heavy atom. The second kappa shape index (κ2) is 34.9. The van der Waals surface area contributed by atoms with E-state index < -0.39 is 11.9 Å². The molecule has 0 aliphatic heterocycles. The second-order valence-corrected chi connectivity index (χ2v) is 11.8. The van der Waals surface area contributed by atoms with Crippen molar-refractivity contribution in [3.8, 4) is 0 Å². The van der Waals surface area contributed by atoms with E-state index in [4.69, 9.17) is 20.4 Å². The molecule has 4 N–H and O–H groups in total. The minimum absolute atomic E-state index is 0.0451. The smallest absolute Gasteiger partial charge is 0.303 e. The summed E-state index contributed by atoms with van der Waals surface area (Å²) >= 11 is 0. The van der Waals surface area contributed by atoms with E-state index in [1.807, 2.05) is 0 Å². The Morgan fingerprint density at radius 3 is 0.795 bits per heavy atom. The van der Waals surface area contributed by atoms with Crippen molar-refractivity contribution in [2.45, 2.75) is 182 Å². The van der Waals surface area contributed by atoms with E-state index in [1.54, 1.807) is 13.8 Å². The number of carboxylic acid groups (broad SMARTS) is 2. The van der Waals surface area contributed by atoms with Crippen molar-refractivity contribution in [2.75, 3.05) is 13.2 Å². The van der Waals surface area contributed by atoms with Crippen LogP contribution >= 0.6 is 0 Å². The Labute approximate surface area is 242 Å². The molecule has 0 aromatic rings. The molecule has 236 valence electrons. The first kappa shape index (κ1) is 42.3. The third kappa shape index (κ3) is 47.0. The largest absolute Gasteiger partial charge is 0.481 e. The molecule has 6 nitrogen and oxygen atoms in total. The fraction of sp³-hybridized carbons (Fsp3) is 0.939. The van der Waals surface area contributed by atoms with Crippen molar-refractivity contribution >= 4 is 11.9 Å². The molecule has 0 aromatic carbocycles. The molecular formula is C33H68O6. The van der Waals surface area contributed by atoms with E-state index in [0.29, 0.717) is 12.8 Å². The van der Waals surface area contributed by atoms with Crippen LogP contribution in [0, 0.1) is 5.41 Å². The highest BCUT2D eigenvalue weighted by Gasteiger charge is 2.13. The van der Waals surface area contributed by atoms with Gasteiger partial charge < -0.3 is 20.4 Å². The molecule has 0 spiro atoms. The average Bonchev–Trinajstić information content (AvgIpc) is 2.91. The fourth-order valence-electron chi connectivity index (χ4n) is 3.93. The van der Waals surface area contributed by atoms with Gasteiger partial charge in [0, 0.05) is 18.3 Å². The number of aliphatic hydroxyl groups excluding tert-OH is 2. The third-order valence-corrected chi connectivity index (χ3v) is 6.84.